The fourth-order valence-corrected chi connectivity index (χ4v) is 2.53. The maximum absolute atomic E-state index is 13.8. The Morgan fingerprint density at radius 3 is 2.57 bits per heavy atom. The van der Waals surface area contributed by atoms with E-state index in [-0.39, 0.29) is 30.6 Å². The zero-order chi connectivity index (χ0) is 15.6. The summed E-state index contributed by atoms with van der Waals surface area (Å²) in [5.41, 5.74) is -0.644. The Balaban J connectivity index is 2.18. The first kappa shape index (κ1) is 15.8. The van der Waals surface area contributed by atoms with Crippen molar-refractivity contribution in [2.24, 2.45) is 0 Å². The number of carbonyl (C=O) groups excluding carboxylic acids is 1. The van der Waals surface area contributed by atoms with Crippen molar-refractivity contribution < 1.29 is 28.2 Å². The van der Waals surface area contributed by atoms with E-state index in [2.05, 4.69) is 15.9 Å². The Morgan fingerprint density at radius 2 is 2.00 bits per heavy atom. The number of aliphatic carboxylic acids is 1. The largest absolute Gasteiger partial charge is 0.481 e. The van der Waals surface area contributed by atoms with Crippen LogP contribution in [0.3, 0.4) is 0 Å². The molecule has 0 saturated carbocycles. The molecule has 1 unspecified atom stereocenters. The Bertz CT molecular complexity index is 558. The molecular formula is C13H12BrF2NO4. The van der Waals surface area contributed by atoms with Gasteiger partial charge in [-0.1, -0.05) is 15.9 Å². The van der Waals surface area contributed by atoms with Crippen LogP contribution in [0.2, 0.25) is 0 Å². The minimum Gasteiger partial charge on any atom is -0.481 e. The highest BCUT2D eigenvalue weighted by Gasteiger charge is 2.29. The maximum atomic E-state index is 13.8. The van der Waals surface area contributed by atoms with Crippen molar-refractivity contribution in [1.82, 2.24) is 4.90 Å². The van der Waals surface area contributed by atoms with Crippen LogP contribution in [0.25, 0.3) is 0 Å². The lowest BCUT2D eigenvalue weighted by molar-refractivity contribution is -0.141. The van der Waals surface area contributed by atoms with Crippen LogP contribution in [0, 0.1) is 11.6 Å². The first-order valence-electron chi connectivity index (χ1n) is 6.15. The van der Waals surface area contributed by atoms with Crippen LogP contribution in [0.4, 0.5) is 8.78 Å². The number of hydrogen-bond acceptors (Lipinski definition) is 3. The molecule has 1 heterocycles. The Kier molecular flexibility index (Phi) is 4.89. The molecule has 1 N–H and O–H groups in total. The van der Waals surface area contributed by atoms with Gasteiger partial charge in [0, 0.05) is 17.6 Å². The average Bonchev–Trinajstić information content (AvgIpc) is 2.36. The van der Waals surface area contributed by atoms with E-state index in [1.807, 2.05) is 0 Å². The molecule has 1 aromatic rings. The van der Waals surface area contributed by atoms with E-state index in [1.54, 1.807) is 0 Å². The van der Waals surface area contributed by atoms with E-state index in [4.69, 9.17) is 9.84 Å². The summed E-state index contributed by atoms with van der Waals surface area (Å²) in [6, 6.07) is 2.01. The van der Waals surface area contributed by atoms with Gasteiger partial charge in [-0.15, -0.1) is 0 Å². The number of nitrogens with zero attached hydrogens (tertiary/aromatic N) is 1. The van der Waals surface area contributed by atoms with Crippen LogP contribution in [0.15, 0.2) is 16.6 Å². The topological polar surface area (TPSA) is 66.8 Å². The van der Waals surface area contributed by atoms with Crippen molar-refractivity contribution in [3.63, 3.8) is 0 Å². The molecular weight excluding hydrogens is 352 g/mol. The molecule has 0 aliphatic carbocycles. The fourth-order valence-electron chi connectivity index (χ4n) is 2.13. The maximum Gasteiger partial charge on any atom is 0.306 e. The summed E-state index contributed by atoms with van der Waals surface area (Å²) >= 11 is 2.94. The Labute approximate surface area is 127 Å². The van der Waals surface area contributed by atoms with Gasteiger partial charge < -0.3 is 14.7 Å². The normalized spacial score (nSPS) is 18.6. The second kappa shape index (κ2) is 6.48. The molecule has 0 aromatic heterocycles. The minimum atomic E-state index is -1.06. The number of ether oxygens (including phenoxy) is 1. The number of amides is 1. The van der Waals surface area contributed by atoms with E-state index in [9.17, 15) is 18.4 Å². The van der Waals surface area contributed by atoms with Gasteiger partial charge in [0.15, 0.2) is 0 Å². The van der Waals surface area contributed by atoms with Crippen LogP contribution in [-0.4, -0.2) is 47.7 Å². The molecule has 0 radical (unpaired) electrons. The van der Waals surface area contributed by atoms with Crippen molar-refractivity contribution in [1.29, 1.82) is 0 Å². The minimum absolute atomic E-state index is 0.0138. The van der Waals surface area contributed by atoms with Crippen LogP contribution in [0.5, 0.6) is 0 Å². The Hall–Kier alpha value is -1.54. The van der Waals surface area contributed by atoms with Gasteiger partial charge >= 0.3 is 5.97 Å². The lowest BCUT2D eigenvalue weighted by Gasteiger charge is -2.32. The fraction of sp³-hybridized carbons (Fsp3) is 0.385. The third kappa shape index (κ3) is 3.76. The highest BCUT2D eigenvalue weighted by Crippen LogP contribution is 2.22. The SMILES string of the molecule is O=C(O)CC1CN(C(=O)c2c(F)cc(Br)cc2F)CCO1. The predicted octanol–water partition coefficient (Wildman–Crippen LogP) is 2.04. The zero-order valence-electron chi connectivity index (χ0n) is 10.8. The molecule has 21 heavy (non-hydrogen) atoms. The van der Waals surface area contributed by atoms with Crippen molar-refractivity contribution in [3.05, 3.63) is 33.8 Å². The molecule has 114 valence electrons. The molecule has 1 aliphatic rings. The summed E-state index contributed by atoms with van der Waals surface area (Å²) in [4.78, 5) is 24.1. The molecule has 1 amide bonds. The van der Waals surface area contributed by atoms with Gasteiger partial charge in [-0.2, -0.15) is 0 Å². The third-order valence-electron chi connectivity index (χ3n) is 3.05. The summed E-state index contributed by atoms with van der Waals surface area (Å²) < 4.78 is 33.0. The number of rotatable bonds is 3. The van der Waals surface area contributed by atoms with Crippen LogP contribution in [-0.2, 0) is 9.53 Å². The van der Waals surface area contributed by atoms with Gasteiger partial charge in [-0.3, -0.25) is 9.59 Å². The molecule has 1 atom stereocenters. The predicted molar refractivity (Wildman–Crippen MR) is 72.0 cm³/mol. The molecule has 0 bridgehead atoms. The van der Waals surface area contributed by atoms with Crippen molar-refractivity contribution in [2.45, 2.75) is 12.5 Å². The van der Waals surface area contributed by atoms with Gasteiger partial charge in [-0.05, 0) is 12.1 Å². The monoisotopic (exact) mass is 363 g/mol. The quantitative estimate of drug-likeness (QED) is 0.892. The van der Waals surface area contributed by atoms with Crippen LogP contribution in [0.1, 0.15) is 16.8 Å². The third-order valence-corrected chi connectivity index (χ3v) is 3.51. The summed E-state index contributed by atoms with van der Waals surface area (Å²) in [6.45, 7) is 0.271. The highest BCUT2D eigenvalue weighted by atomic mass is 79.9. The van der Waals surface area contributed by atoms with Crippen molar-refractivity contribution in [2.75, 3.05) is 19.7 Å². The molecule has 1 aromatic carbocycles. The summed E-state index contributed by atoms with van der Waals surface area (Å²) in [5, 5.41) is 8.72. The average molecular weight is 364 g/mol. The molecule has 8 heteroatoms. The molecule has 2 rings (SSSR count). The smallest absolute Gasteiger partial charge is 0.306 e. The molecule has 1 saturated heterocycles. The number of morpholine rings is 1. The zero-order valence-corrected chi connectivity index (χ0v) is 12.4. The van der Waals surface area contributed by atoms with Crippen molar-refractivity contribution >= 4 is 27.8 Å². The van der Waals surface area contributed by atoms with E-state index < -0.39 is 35.2 Å². The van der Waals surface area contributed by atoms with Crippen molar-refractivity contribution in [3.8, 4) is 0 Å². The van der Waals surface area contributed by atoms with Crippen LogP contribution < -0.4 is 0 Å². The number of hydrogen-bond donors (Lipinski definition) is 1. The Morgan fingerprint density at radius 1 is 1.38 bits per heavy atom. The first-order chi connectivity index (χ1) is 9.88. The second-order valence-corrected chi connectivity index (χ2v) is 5.50. The molecule has 1 fully saturated rings. The van der Waals surface area contributed by atoms with Gasteiger partial charge in [0.05, 0.1) is 19.1 Å². The highest BCUT2D eigenvalue weighted by molar-refractivity contribution is 9.10. The van der Waals surface area contributed by atoms with E-state index >= 15 is 0 Å². The standard InChI is InChI=1S/C13H12BrF2NO4/c14-7-3-9(15)12(10(16)4-7)13(20)17-1-2-21-8(6-17)5-11(18)19/h3-4,8H,1-2,5-6H2,(H,18,19). The van der Waals surface area contributed by atoms with Gasteiger partial charge in [0.2, 0.25) is 0 Å². The van der Waals surface area contributed by atoms with Gasteiger partial charge in [0.1, 0.15) is 17.2 Å². The van der Waals surface area contributed by atoms with E-state index in [0.29, 0.717) is 0 Å². The molecule has 0 spiro atoms. The number of carbonyl (C=O) groups is 2. The van der Waals surface area contributed by atoms with Gasteiger partial charge in [-0.25, -0.2) is 8.78 Å². The number of benzene rings is 1. The number of carboxylic acids is 1. The number of carboxylic acid groups (broad SMARTS) is 1. The lowest BCUT2D eigenvalue weighted by Crippen LogP contribution is -2.46. The summed E-state index contributed by atoms with van der Waals surface area (Å²) in [6.07, 6.45) is -0.948. The van der Waals surface area contributed by atoms with E-state index in [0.717, 1.165) is 12.1 Å². The number of halogens is 3. The van der Waals surface area contributed by atoms with E-state index in [1.165, 1.54) is 4.90 Å². The summed E-state index contributed by atoms with van der Waals surface area (Å²) in [5.74, 6) is -3.80. The second-order valence-electron chi connectivity index (χ2n) is 4.59. The molecule has 5 nitrogen and oxygen atoms in total. The van der Waals surface area contributed by atoms with Gasteiger partial charge in [0.25, 0.3) is 5.91 Å². The summed E-state index contributed by atoms with van der Waals surface area (Å²) in [7, 11) is 0. The molecule has 1 aliphatic heterocycles. The first-order valence-corrected chi connectivity index (χ1v) is 6.95. The van der Waals surface area contributed by atoms with Crippen LogP contribution >= 0.6 is 15.9 Å². The lowest BCUT2D eigenvalue weighted by atomic mass is 10.1.